The second-order valence-electron chi connectivity index (χ2n) is 4.69. The van der Waals surface area contributed by atoms with Crippen molar-refractivity contribution in [2.45, 2.75) is 19.4 Å². The summed E-state index contributed by atoms with van der Waals surface area (Å²) in [6, 6.07) is 8.13. The summed E-state index contributed by atoms with van der Waals surface area (Å²) in [7, 11) is 0. The Kier molecular flexibility index (Phi) is 5.42. The zero-order valence-electron chi connectivity index (χ0n) is 11.5. The molecule has 0 saturated carbocycles. The van der Waals surface area contributed by atoms with Gasteiger partial charge in [0.25, 0.3) is 0 Å². The van der Waals surface area contributed by atoms with Crippen LogP contribution in [-0.2, 0) is 6.42 Å². The van der Waals surface area contributed by atoms with Gasteiger partial charge in [-0.2, -0.15) is 0 Å². The first-order valence-electron chi connectivity index (χ1n) is 6.64. The van der Waals surface area contributed by atoms with Gasteiger partial charge in [0.15, 0.2) is 11.6 Å². The number of hydrogen-bond acceptors (Lipinski definition) is 1. The quantitative estimate of drug-likeness (QED) is 0.813. The van der Waals surface area contributed by atoms with Crippen LogP contribution in [0.25, 0.3) is 0 Å². The van der Waals surface area contributed by atoms with Crippen molar-refractivity contribution in [2.24, 2.45) is 0 Å². The van der Waals surface area contributed by atoms with Crippen LogP contribution in [0.15, 0.2) is 40.9 Å². The standard InChI is InChI=1S/C16H15BrF3N/c1-2-21-15(12-9-11(18)6-7-13(12)17)8-10-4-3-5-14(19)16(10)20/h3-7,9,15,21H,2,8H2,1H3. The molecule has 112 valence electrons. The van der Waals surface area contributed by atoms with Gasteiger partial charge in [0, 0.05) is 10.5 Å². The van der Waals surface area contributed by atoms with E-state index >= 15 is 0 Å². The van der Waals surface area contributed by atoms with E-state index in [1.54, 1.807) is 6.07 Å². The van der Waals surface area contributed by atoms with E-state index < -0.39 is 11.6 Å². The molecule has 0 heterocycles. The van der Waals surface area contributed by atoms with Crippen molar-refractivity contribution < 1.29 is 13.2 Å². The van der Waals surface area contributed by atoms with Crippen LogP contribution >= 0.6 is 15.9 Å². The molecule has 0 fully saturated rings. The van der Waals surface area contributed by atoms with Gasteiger partial charge in [-0.1, -0.05) is 35.0 Å². The third-order valence-electron chi connectivity index (χ3n) is 3.24. The fourth-order valence-electron chi connectivity index (χ4n) is 2.25. The summed E-state index contributed by atoms with van der Waals surface area (Å²) in [6.45, 7) is 2.53. The molecule has 0 amide bonds. The predicted molar refractivity (Wildman–Crippen MR) is 80.6 cm³/mol. The van der Waals surface area contributed by atoms with Gasteiger partial charge in [-0.15, -0.1) is 0 Å². The van der Waals surface area contributed by atoms with Crippen molar-refractivity contribution in [3.63, 3.8) is 0 Å². The first kappa shape index (κ1) is 16.0. The predicted octanol–water partition coefficient (Wildman–Crippen LogP) is 4.76. The highest BCUT2D eigenvalue weighted by Crippen LogP contribution is 2.28. The van der Waals surface area contributed by atoms with Crippen molar-refractivity contribution in [3.8, 4) is 0 Å². The molecular formula is C16H15BrF3N. The summed E-state index contributed by atoms with van der Waals surface area (Å²) in [5, 5.41) is 3.18. The largest absolute Gasteiger partial charge is 0.310 e. The van der Waals surface area contributed by atoms with E-state index in [0.717, 1.165) is 10.5 Å². The average Bonchev–Trinajstić information content (AvgIpc) is 2.46. The second kappa shape index (κ2) is 7.09. The zero-order chi connectivity index (χ0) is 15.4. The van der Waals surface area contributed by atoms with Gasteiger partial charge >= 0.3 is 0 Å². The lowest BCUT2D eigenvalue weighted by atomic mass is 9.98. The van der Waals surface area contributed by atoms with E-state index in [9.17, 15) is 13.2 Å². The molecule has 0 spiro atoms. The summed E-state index contributed by atoms with van der Waals surface area (Å²) in [6.07, 6.45) is 0.236. The molecule has 0 saturated heterocycles. The first-order chi connectivity index (χ1) is 10.0. The van der Waals surface area contributed by atoms with Crippen molar-refractivity contribution in [1.82, 2.24) is 5.32 Å². The molecule has 2 rings (SSSR count). The van der Waals surface area contributed by atoms with Crippen LogP contribution < -0.4 is 5.32 Å². The summed E-state index contributed by atoms with van der Waals surface area (Å²) >= 11 is 3.37. The molecule has 0 radical (unpaired) electrons. The molecule has 0 aliphatic heterocycles. The Hall–Kier alpha value is -1.33. The van der Waals surface area contributed by atoms with Gasteiger partial charge in [0.1, 0.15) is 5.82 Å². The zero-order valence-corrected chi connectivity index (χ0v) is 13.1. The Morgan fingerprint density at radius 3 is 2.62 bits per heavy atom. The Balaban J connectivity index is 2.35. The smallest absolute Gasteiger partial charge is 0.162 e. The molecule has 2 aromatic carbocycles. The van der Waals surface area contributed by atoms with Crippen LogP contribution in [0.1, 0.15) is 24.1 Å². The maximum atomic E-state index is 13.8. The molecule has 1 atom stereocenters. The molecule has 1 nitrogen and oxygen atoms in total. The van der Waals surface area contributed by atoms with Gasteiger partial charge in [-0.3, -0.25) is 0 Å². The highest BCUT2D eigenvalue weighted by molar-refractivity contribution is 9.10. The monoisotopic (exact) mass is 357 g/mol. The van der Waals surface area contributed by atoms with E-state index in [-0.39, 0.29) is 23.8 Å². The molecule has 0 bridgehead atoms. The molecule has 0 aliphatic rings. The lowest BCUT2D eigenvalue weighted by Crippen LogP contribution is -2.24. The van der Waals surface area contributed by atoms with Crippen molar-refractivity contribution >= 4 is 15.9 Å². The molecule has 1 unspecified atom stereocenters. The summed E-state index contributed by atoms with van der Waals surface area (Å²) in [4.78, 5) is 0. The van der Waals surface area contributed by atoms with Crippen LogP contribution in [0, 0.1) is 17.5 Å². The van der Waals surface area contributed by atoms with E-state index in [0.29, 0.717) is 12.1 Å². The van der Waals surface area contributed by atoms with Crippen LogP contribution in [0.5, 0.6) is 0 Å². The number of hydrogen-bond donors (Lipinski definition) is 1. The van der Waals surface area contributed by atoms with Crippen LogP contribution in [0.2, 0.25) is 0 Å². The van der Waals surface area contributed by atoms with Crippen LogP contribution in [-0.4, -0.2) is 6.54 Å². The fraction of sp³-hybridized carbons (Fsp3) is 0.250. The maximum Gasteiger partial charge on any atom is 0.162 e. The minimum Gasteiger partial charge on any atom is -0.310 e. The number of halogens is 4. The molecule has 1 N–H and O–H groups in total. The number of nitrogens with one attached hydrogen (secondary N) is 1. The minimum atomic E-state index is -0.874. The lowest BCUT2D eigenvalue weighted by molar-refractivity contribution is 0.480. The Bertz CT molecular complexity index is 631. The Morgan fingerprint density at radius 1 is 1.14 bits per heavy atom. The molecule has 0 aliphatic carbocycles. The van der Waals surface area contributed by atoms with Crippen molar-refractivity contribution in [3.05, 3.63) is 69.4 Å². The average molecular weight is 358 g/mol. The van der Waals surface area contributed by atoms with E-state index in [1.165, 1.54) is 24.3 Å². The summed E-state index contributed by atoms with van der Waals surface area (Å²) in [5.41, 5.74) is 0.942. The van der Waals surface area contributed by atoms with Crippen molar-refractivity contribution in [1.29, 1.82) is 0 Å². The molecule has 5 heteroatoms. The van der Waals surface area contributed by atoms with Gasteiger partial charge in [0.2, 0.25) is 0 Å². The summed E-state index contributed by atoms with van der Waals surface area (Å²) in [5.74, 6) is -2.09. The summed E-state index contributed by atoms with van der Waals surface area (Å²) < 4.78 is 41.3. The fourth-order valence-corrected chi connectivity index (χ4v) is 2.77. The number of benzene rings is 2. The minimum absolute atomic E-state index is 0.236. The van der Waals surface area contributed by atoms with Crippen molar-refractivity contribution in [2.75, 3.05) is 6.54 Å². The van der Waals surface area contributed by atoms with Gasteiger partial charge < -0.3 is 5.32 Å². The van der Waals surface area contributed by atoms with Gasteiger partial charge in [-0.25, -0.2) is 13.2 Å². The second-order valence-corrected chi connectivity index (χ2v) is 5.55. The number of likely N-dealkylation sites (N-methyl/N-ethyl adjacent to an activating group) is 1. The van der Waals surface area contributed by atoms with E-state index in [1.807, 2.05) is 6.92 Å². The third kappa shape index (κ3) is 3.86. The van der Waals surface area contributed by atoms with Gasteiger partial charge in [0.05, 0.1) is 0 Å². The van der Waals surface area contributed by atoms with E-state index in [4.69, 9.17) is 0 Å². The van der Waals surface area contributed by atoms with E-state index in [2.05, 4.69) is 21.2 Å². The normalized spacial score (nSPS) is 12.4. The molecule has 21 heavy (non-hydrogen) atoms. The molecular weight excluding hydrogens is 343 g/mol. The SMILES string of the molecule is CCNC(Cc1cccc(F)c1F)c1cc(F)ccc1Br. The Labute approximate surface area is 130 Å². The molecule has 2 aromatic rings. The first-order valence-corrected chi connectivity index (χ1v) is 7.43. The lowest BCUT2D eigenvalue weighted by Gasteiger charge is -2.20. The third-order valence-corrected chi connectivity index (χ3v) is 3.96. The topological polar surface area (TPSA) is 12.0 Å². The Morgan fingerprint density at radius 2 is 1.90 bits per heavy atom. The van der Waals surface area contributed by atoms with Gasteiger partial charge in [-0.05, 0) is 48.4 Å². The number of rotatable bonds is 5. The maximum absolute atomic E-state index is 13.8. The van der Waals surface area contributed by atoms with Crippen LogP contribution in [0.4, 0.5) is 13.2 Å². The molecule has 0 aromatic heterocycles. The highest BCUT2D eigenvalue weighted by Gasteiger charge is 2.18. The highest BCUT2D eigenvalue weighted by atomic mass is 79.9. The van der Waals surface area contributed by atoms with Crippen LogP contribution in [0.3, 0.4) is 0 Å².